The molecule has 1 unspecified atom stereocenters. The van der Waals surface area contributed by atoms with Gasteiger partial charge in [-0.1, -0.05) is 6.08 Å². The number of hydrogen-bond acceptors (Lipinski definition) is 2. The zero-order valence-electron chi connectivity index (χ0n) is 5.21. The van der Waals surface area contributed by atoms with Gasteiger partial charge in [-0.25, -0.2) is 0 Å². The van der Waals surface area contributed by atoms with E-state index in [1.165, 1.54) is 6.08 Å². The molecule has 9 heavy (non-hydrogen) atoms. The number of nitriles is 1. The first-order chi connectivity index (χ1) is 4.43. The van der Waals surface area contributed by atoms with E-state index in [-0.39, 0.29) is 0 Å². The third kappa shape index (κ3) is 2.89. The minimum Gasteiger partial charge on any atom is -0.373 e. The first-order valence-corrected chi connectivity index (χ1v) is 3.09. The Morgan fingerprint density at radius 2 is 2.56 bits per heavy atom. The number of epoxide rings is 1. The molecule has 0 amide bonds. The van der Waals surface area contributed by atoms with E-state index in [0.717, 1.165) is 19.4 Å². The van der Waals surface area contributed by atoms with Gasteiger partial charge in [0, 0.05) is 6.08 Å². The molecule has 48 valence electrons. The third-order valence-electron chi connectivity index (χ3n) is 1.25. The van der Waals surface area contributed by atoms with Crippen LogP contribution in [0, 0.1) is 11.3 Å². The van der Waals surface area contributed by atoms with Gasteiger partial charge < -0.3 is 4.74 Å². The van der Waals surface area contributed by atoms with Gasteiger partial charge in [-0.15, -0.1) is 0 Å². The molecule has 1 fully saturated rings. The molecule has 2 nitrogen and oxygen atoms in total. The average molecular weight is 123 g/mol. The van der Waals surface area contributed by atoms with Gasteiger partial charge in [0.25, 0.3) is 0 Å². The van der Waals surface area contributed by atoms with E-state index < -0.39 is 0 Å². The van der Waals surface area contributed by atoms with Gasteiger partial charge in [-0.3, -0.25) is 0 Å². The fourth-order valence-electron chi connectivity index (χ4n) is 0.653. The normalized spacial score (nSPS) is 24.1. The van der Waals surface area contributed by atoms with Crippen LogP contribution < -0.4 is 0 Å². The second kappa shape index (κ2) is 3.26. The minimum absolute atomic E-state index is 0.494. The highest BCUT2D eigenvalue weighted by Gasteiger charge is 2.20. The van der Waals surface area contributed by atoms with E-state index in [0.29, 0.717) is 6.10 Å². The summed E-state index contributed by atoms with van der Waals surface area (Å²) < 4.78 is 4.97. The maximum absolute atomic E-state index is 8.08. The summed E-state index contributed by atoms with van der Waals surface area (Å²) >= 11 is 0. The maximum Gasteiger partial charge on any atom is 0.0908 e. The highest BCUT2D eigenvalue weighted by molar-refractivity contribution is 5.01. The Labute approximate surface area is 54.7 Å². The molecule has 0 N–H and O–H groups in total. The molecule has 0 aromatic rings. The van der Waals surface area contributed by atoms with Crippen LogP contribution in [0.2, 0.25) is 0 Å². The highest BCUT2D eigenvalue weighted by atomic mass is 16.6. The predicted octanol–water partition coefficient (Wildman–Crippen LogP) is 1.25. The Kier molecular flexibility index (Phi) is 2.29. The van der Waals surface area contributed by atoms with Gasteiger partial charge in [-0.2, -0.15) is 5.26 Å². The molecular formula is C7H9NO. The lowest BCUT2D eigenvalue weighted by Crippen LogP contribution is -1.80. The molecule has 0 bridgehead atoms. The molecule has 1 aliphatic heterocycles. The van der Waals surface area contributed by atoms with Gasteiger partial charge in [0.15, 0.2) is 0 Å². The predicted molar refractivity (Wildman–Crippen MR) is 33.7 cm³/mol. The van der Waals surface area contributed by atoms with Crippen molar-refractivity contribution in [2.45, 2.75) is 18.9 Å². The first kappa shape index (κ1) is 6.31. The van der Waals surface area contributed by atoms with Crippen LogP contribution in [0.3, 0.4) is 0 Å². The largest absolute Gasteiger partial charge is 0.373 e. The van der Waals surface area contributed by atoms with Crippen LogP contribution in [0.5, 0.6) is 0 Å². The molecule has 0 saturated carbocycles. The lowest BCUT2D eigenvalue weighted by atomic mass is 10.2. The van der Waals surface area contributed by atoms with Crippen LogP contribution in [0.4, 0.5) is 0 Å². The topological polar surface area (TPSA) is 36.3 Å². The molecule has 0 radical (unpaired) electrons. The average Bonchev–Trinajstić information content (AvgIpc) is 2.63. The highest BCUT2D eigenvalue weighted by Crippen LogP contribution is 2.15. The second-order valence-corrected chi connectivity index (χ2v) is 2.06. The lowest BCUT2D eigenvalue weighted by Gasteiger charge is -1.83. The van der Waals surface area contributed by atoms with E-state index in [4.69, 9.17) is 10.00 Å². The summed E-state index contributed by atoms with van der Waals surface area (Å²) in [5.74, 6) is 0. The zero-order valence-corrected chi connectivity index (χ0v) is 5.21. The standard InChI is InChI=1S/C7H9NO/c8-5-3-1-2-4-7-6-9-7/h1,3,7H,2,4,6H2/b3-1+. The molecular weight excluding hydrogens is 114 g/mol. The van der Waals surface area contributed by atoms with Gasteiger partial charge >= 0.3 is 0 Å². The Balaban J connectivity index is 1.93. The van der Waals surface area contributed by atoms with E-state index in [1.807, 2.05) is 12.1 Å². The smallest absolute Gasteiger partial charge is 0.0908 e. The lowest BCUT2D eigenvalue weighted by molar-refractivity contribution is 0.398. The van der Waals surface area contributed by atoms with Crippen molar-refractivity contribution in [3.8, 4) is 6.07 Å². The summed E-state index contributed by atoms with van der Waals surface area (Å²) in [6.07, 6.45) is 5.92. The van der Waals surface area contributed by atoms with Crippen LogP contribution >= 0.6 is 0 Å². The minimum atomic E-state index is 0.494. The fraction of sp³-hybridized carbons (Fsp3) is 0.571. The summed E-state index contributed by atoms with van der Waals surface area (Å²) in [5, 5.41) is 8.08. The van der Waals surface area contributed by atoms with Crippen molar-refractivity contribution in [3.63, 3.8) is 0 Å². The molecule has 0 spiro atoms. The van der Waals surface area contributed by atoms with Crippen molar-refractivity contribution in [3.05, 3.63) is 12.2 Å². The summed E-state index contributed by atoms with van der Waals surface area (Å²) in [4.78, 5) is 0. The third-order valence-corrected chi connectivity index (χ3v) is 1.25. The summed E-state index contributed by atoms with van der Waals surface area (Å²) in [6, 6.07) is 1.94. The Bertz CT molecular complexity index is 141. The molecule has 0 aromatic carbocycles. The van der Waals surface area contributed by atoms with Gasteiger partial charge in [0.2, 0.25) is 0 Å². The summed E-state index contributed by atoms with van der Waals surface area (Å²) in [7, 11) is 0. The van der Waals surface area contributed by atoms with Crippen LogP contribution in [0.25, 0.3) is 0 Å². The van der Waals surface area contributed by atoms with E-state index >= 15 is 0 Å². The summed E-state index contributed by atoms with van der Waals surface area (Å²) in [6.45, 7) is 0.917. The fourth-order valence-corrected chi connectivity index (χ4v) is 0.653. The molecule has 1 atom stereocenters. The molecule has 1 saturated heterocycles. The van der Waals surface area contributed by atoms with Crippen molar-refractivity contribution in [1.82, 2.24) is 0 Å². The molecule has 1 heterocycles. The van der Waals surface area contributed by atoms with E-state index in [9.17, 15) is 0 Å². The number of hydrogen-bond donors (Lipinski definition) is 0. The second-order valence-electron chi connectivity index (χ2n) is 2.06. The molecule has 1 rings (SSSR count). The van der Waals surface area contributed by atoms with Crippen molar-refractivity contribution in [2.75, 3.05) is 6.61 Å². The Morgan fingerprint density at radius 3 is 3.11 bits per heavy atom. The summed E-state index contributed by atoms with van der Waals surface area (Å²) in [5.41, 5.74) is 0. The van der Waals surface area contributed by atoms with Crippen molar-refractivity contribution < 1.29 is 4.74 Å². The SMILES string of the molecule is N#C/C=C/CCC1CO1. The van der Waals surface area contributed by atoms with Crippen LogP contribution in [0.15, 0.2) is 12.2 Å². The Hall–Kier alpha value is -0.810. The van der Waals surface area contributed by atoms with Gasteiger partial charge in [0.1, 0.15) is 0 Å². The van der Waals surface area contributed by atoms with Crippen LogP contribution in [-0.2, 0) is 4.74 Å². The van der Waals surface area contributed by atoms with Crippen molar-refractivity contribution in [1.29, 1.82) is 5.26 Å². The zero-order chi connectivity index (χ0) is 6.53. The maximum atomic E-state index is 8.08. The van der Waals surface area contributed by atoms with Crippen LogP contribution in [-0.4, -0.2) is 12.7 Å². The first-order valence-electron chi connectivity index (χ1n) is 3.09. The van der Waals surface area contributed by atoms with E-state index in [2.05, 4.69) is 0 Å². The molecule has 0 aromatic heterocycles. The molecule has 1 aliphatic rings. The monoisotopic (exact) mass is 123 g/mol. The number of nitrogens with zero attached hydrogens (tertiary/aromatic N) is 1. The van der Waals surface area contributed by atoms with Gasteiger partial charge in [0.05, 0.1) is 18.8 Å². The number of rotatable bonds is 3. The molecule has 0 aliphatic carbocycles. The van der Waals surface area contributed by atoms with Gasteiger partial charge in [-0.05, 0) is 12.8 Å². The quantitative estimate of drug-likeness (QED) is 0.418. The Morgan fingerprint density at radius 1 is 1.78 bits per heavy atom. The number of ether oxygens (including phenoxy) is 1. The number of allylic oxidation sites excluding steroid dienone is 2. The van der Waals surface area contributed by atoms with Crippen molar-refractivity contribution in [2.24, 2.45) is 0 Å². The molecule has 2 heteroatoms. The van der Waals surface area contributed by atoms with Crippen molar-refractivity contribution >= 4 is 0 Å². The van der Waals surface area contributed by atoms with E-state index in [1.54, 1.807) is 0 Å². The van der Waals surface area contributed by atoms with Crippen LogP contribution in [0.1, 0.15) is 12.8 Å².